The maximum atomic E-state index is 13.0. The summed E-state index contributed by atoms with van der Waals surface area (Å²) in [5, 5.41) is 4.59. The number of anilines is 1. The van der Waals surface area contributed by atoms with E-state index in [1.54, 1.807) is 68.0 Å². The number of nitrogens with one attached hydrogen (secondary N) is 1. The lowest BCUT2D eigenvalue weighted by Crippen LogP contribution is -2.32. The van der Waals surface area contributed by atoms with Gasteiger partial charge in [-0.15, -0.1) is 11.3 Å². The average molecular weight is 561 g/mol. The molecule has 0 radical (unpaired) electrons. The van der Waals surface area contributed by atoms with E-state index in [0.717, 1.165) is 11.3 Å². The number of thiazole rings is 1. The van der Waals surface area contributed by atoms with Crippen LogP contribution in [-0.2, 0) is 25.5 Å². The molecule has 0 aliphatic heterocycles. The Labute approximate surface area is 232 Å². The predicted octanol–water partition coefficient (Wildman–Crippen LogP) is 5.29. The maximum absolute atomic E-state index is 13.0. The molecule has 5 aromatic rings. The number of furan rings is 2. The summed E-state index contributed by atoms with van der Waals surface area (Å²) in [4.78, 5) is 51.1. The van der Waals surface area contributed by atoms with Gasteiger partial charge in [-0.1, -0.05) is 6.92 Å². The van der Waals surface area contributed by atoms with Crippen LogP contribution in [0.3, 0.4) is 0 Å². The molecule has 1 aromatic carbocycles. The van der Waals surface area contributed by atoms with Crippen molar-refractivity contribution in [3.8, 4) is 22.9 Å². The molecule has 1 unspecified atom stereocenters. The average Bonchev–Trinajstić information content (AvgIpc) is 3.74. The van der Waals surface area contributed by atoms with Crippen molar-refractivity contribution in [2.75, 3.05) is 11.9 Å². The number of hydrogen-bond donors (Lipinski definition) is 1. The summed E-state index contributed by atoms with van der Waals surface area (Å²) in [5.41, 5.74) is 2.60. The molecule has 0 bridgehead atoms. The molecule has 11 nitrogen and oxygen atoms in total. The summed E-state index contributed by atoms with van der Waals surface area (Å²) < 4.78 is 21.5. The van der Waals surface area contributed by atoms with Gasteiger partial charge in [-0.2, -0.15) is 0 Å². The number of benzene rings is 1. The molecule has 40 heavy (non-hydrogen) atoms. The maximum Gasteiger partial charge on any atom is 0.338 e. The van der Waals surface area contributed by atoms with Crippen molar-refractivity contribution in [3.05, 3.63) is 71.6 Å². The number of aromatic nitrogens is 3. The SMILES string of the molecule is CCOC(=O)Cc1csc(NC(=O)C(CC)OC(=O)c2ccc3nc(-c4ccco4)c(-c4ccco4)nc3c2)n1. The molecule has 0 aliphatic carbocycles. The fraction of sp³-hybridized carbons (Fsp3) is 0.214. The van der Waals surface area contributed by atoms with E-state index < -0.39 is 23.9 Å². The van der Waals surface area contributed by atoms with Gasteiger partial charge in [0.2, 0.25) is 0 Å². The first kappa shape index (κ1) is 26.8. The molecule has 0 saturated heterocycles. The van der Waals surface area contributed by atoms with Crippen LogP contribution in [0.1, 0.15) is 36.3 Å². The number of nitrogens with zero attached hydrogens (tertiary/aromatic N) is 3. The van der Waals surface area contributed by atoms with Gasteiger partial charge in [0.05, 0.1) is 47.8 Å². The Morgan fingerprint density at radius 2 is 1.65 bits per heavy atom. The largest absolute Gasteiger partial charge is 0.466 e. The van der Waals surface area contributed by atoms with Gasteiger partial charge in [0.15, 0.2) is 22.8 Å². The van der Waals surface area contributed by atoms with Gasteiger partial charge < -0.3 is 18.3 Å². The van der Waals surface area contributed by atoms with Gasteiger partial charge in [-0.05, 0) is 55.8 Å². The molecular formula is C28H24N4O7S. The molecule has 1 N–H and O–H groups in total. The fourth-order valence-corrected chi connectivity index (χ4v) is 4.58. The highest BCUT2D eigenvalue weighted by atomic mass is 32.1. The Morgan fingerprint density at radius 1 is 0.950 bits per heavy atom. The lowest BCUT2D eigenvalue weighted by molar-refractivity contribution is -0.142. The van der Waals surface area contributed by atoms with Crippen LogP contribution >= 0.6 is 11.3 Å². The van der Waals surface area contributed by atoms with Crippen molar-refractivity contribution in [1.29, 1.82) is 0 Å². The highest BCUT2D eigenvalue weighted by molar-refractivity contribution is 7.13. The van der Waals surface area contributed by atoms with E-state index in [4.69, 9.17) is 23.3 Å². The van der Waals surface area contributed by atoms with Crippen molar-refractivity contribution >= 4 is 45.3 Å². The molecule has 0 saturated carbocycles. The third-order valence-corrected chi connectivity index (χ3v) is 6.54. The second kappa shape index (κ2) is 11.9. The summed E-state index contributed by atoms with van der Waals surface area (Å²) in [6, 6.07) is 11.8. The van der Waals surface area contributed by atoms with Gasteiger partial charge in [0.1, 0.15) is 11.4 Å². The first-order valence-corrected chi connectivity index (χ1v) is 13.3. The second-order valence-electron chi connectivity index (χ2n) is 8.50. The summed E-state index contributed by atoms with van der Waals surface area (Å²) in [7, 11) is 0. The fourth-order valence-electron chi connectivity index (χ4n) is 3.86. The highest BCUT2D eigenvalue weighted by Gasteiger charge is 2.24. The van der Waals surface area contributed by atoms with E-state index >= 15 is 0 Å². The molecule has 0 fully saturated rings. The molecule has 4 heterocycles. The summed E-state index contributed by atoms with van der Waals surface area (Å²) in [5.74, 6) is -0.614. The van der Waals surface area contributed by atoms with Gasteiger partial charge in [0.25, 0.3) is 5.91 Å². The number of hydrogen-bond acceptors (Lipinski definition) is 11. The van der Waals surface area contributed by atoms with Crippen molar-refractivity contribution < 1.29 is 32.7 Å². The molecule has 12 heteroatoms. The number of carbonyl (C=O) groups excluding carboxylic acids is 3. The van der Waals surface area contributed by atoms with Crippen molar-refractivity contribution in [2.45, 2.75) is 32.8 Å². The van der Waals surface area contributed by atoms with Gasteiger partial charge in [-0.3, -0.25) is 14.9 Å². The zero-order valence-corrected chi connectivity index (χ0v) is 22.4. The van der Waals surface area contributed by atoms with Crippen molar-refractivity contribution in [1.82, 2.24) is 15.0 Å². The second-order valence-corrected chi connectivity index (χ2v) is 9.35. The topological polar surface area (TPSA) is 147 Å². The van der Waals surface area contributed by atoms with Gasteiger partial charge in [-0.25, -0.2) is 19.7 Å². The summed E-state index contributed by atoms with van der Waals surface area (Å²) >= 11 is 1.16. The highest BCUT2D eigenvalue weighted by Crippen LogP contribution is 2.32. The number of esters is 2. The Kier molecular flexibility index (Phi) is 7.97. The predicted molar refractivity (Wildman–Crippen MR) is 146 cm³/mol. The van der Waals surface area contributed by atoms with Crippen LogP contribution in [0.15, 0.2) is 69.2 Å². The lowest BCUT2D eigenvalue weighted by Gasteiger charge is -2.15. The van der Waals surface area contributed by atoms with Crippen LogP contribution in [0.4, 0.5) is 5.13 Å². The number of rotatable bonds is 10. The van der Waals surface area contributed by atoms with E-state index in [2.05, 4.69) is 15.3 Å². The standard InChI is InChI=1S/C28H24N4O7S/c1-3-20(26(34)32-28-29-17(15-40-28)14-23(33)36-4-2)39-27(35)16-9-10-18-19(13-16)31-25(22-8-6-12-38-22)24(30-18)21-7-5-11-37-21/h5-13,15,20H,3-4,14H2,1-2H3,(H,29,32,34). The molecule has 0 spiro atoms. The summed E-state index contributed by atoms with van der Waals surface area (Å²) in [6.07, 6.45) is 2.25. The van der Waals surface area contributed by atoms with Gasteiger partial charge >= 0.3 is 11.9 Å². The van der Waals surface area contributed by atoms with Crippen LogP contribution in [-0.4, -0.2) is 45.5 Å². The molecule has 204 valence electrons. The van der Waals surface area contributed by atoms with E-state index in [-0.39, 0.29) is 30.1 Å². The lowest BCUT2D eigenvalue weighted by atomic mass is 10.1. The minimum absolute atomic E-state index is 0.00189. The molecule has 1 atom stereocenters. The Balaban J connectivity index is 1.32. The van der Waals surface area contributed by atoms with Crippen LogP contribution in [0.5, 0.6) is 0 Å². The normalized spacial score (nSPS) is 11.8. The van der Waals surface area contributed by atoms with E-state index in [9.17, 15) is 14.4 Å². The Hall–Kier alpha value is -4.84. The molecule has 4 aromatic heterocycles. The minimum atomic E-state index is -1.06. The molecule has 0 aliphatic rings. The van der Waals surface area contributed by atoms with Crippen molar-refractivity contribution in [3.63, 3.8) is 0 Å². The third-order valence-electron chi connectivity index (χ3n) is 5.73. The number of carbonyl (C=O) groups is 3. The summed E-state index contributed by atoms with van der Waals surface area (Å²) in [6.45, 7) is 3.72. The molecule has 5 rings (SSSR count). The third kappa shape index (κ3) is 5.91. The number of amides is 1. The quantitative estimate of drug-likeness (QED) is 0.224. The smallest absolute Gasteiger partial charge is 0.338 e. The zero-order chi connectivity index (χ0) is 28.1. The van der Waals surface area contributed by atoms with Crippen molar-refractivity contribution in [2.24, 2.45) is 0 Å². The molecule has 1 amide bonds. The number of fused-ring (bicyclic) bond motifs is 1. The first-order valence-electron chi connectivity index (χ1n) is 12.5. The Morgan fingerprint density at radius 3 is 2.27 bits per heavy atom. The minimum Gasteiger partial charge on any atom is -0.466 e. The first-order chi connectivity index (χ1) is 19.4. The van der Waals surface area contributed by atoms with E-state index in [0.29, 0.717) is 39.6 Å². The van der Waals surface area contributed by atoms with Crippen LogP contribution in [0, 0.1) is 0 Å². The van der Waals surface area contributed by atoms with Crippen LogP contribution in [0.25, 0.3) is 33.9 Å². The van der Waals surface area contributed by atoms with Crippen LogP contribution < -0.4 is 5.32 Å². The monoisotopic (exact) mass is 560 g/mol. The Bertz CT molecular complexity index is 1640. The van der Waals surface area contributed by atoms with E-state index in [1.165, 1.54) is 6.26 Å². The molecular weight excluding hydrogens is 536 g/mol. The van der Waals surface area contributed by atoms with Crippen LogP contribution in [0.2, 0.25) is 0 Å². The number of ether oxygens (including phenoxy) is 2. The van der Waals surface area contributed by atoms with Gasteiger partial charge in [0, 0.05) is 5.38 Å². The van der Waals surface area contributed by atoms with E-state index in [1.807, 2.05) is 0 Å². The zero-order valence-electron chi connectivity index (χ0n) is 21.6.